The second-order valence-electron chi connectivity index (χ2n) is 9.10. The van der Waals surface area contributed by atoms with E-state index in [1.54, 1.807) is 24.3 Å². The first-order valence-corrected chi connectivity index (χ1v) is 9.62. The van der Waals surface area contributed by atoms with Crippen LogP contribution in [-0.2, 0) is 17.0 Å². The summed E-state index contributed by atoms with van der Waals surface area (Å²) in [5, 5.41) is 0.998. The van der Waals surface area contributed by atoms with Crippen LogP contribution in [0.3, 0.4) is 0 Å². The van der Waals surface area contributed by atoms with Crippen molar-refractivity contribution in [1.82, 2.24) is 9.38 Å². The molecule has 2 nitrogen and oxygen atoms in total. The summed E-state index contributed by atoms with van der Waals surface area (Å²) in [7, 11) is 0. The minimum atomic E-state index is -4.63. The molecule has 7 heteroatoms. The van der Waals surface area contributed by atoms with Crippen LogP contribution in [0, 0.1) is 0 Å². The van der Waals surface area contributed by atoms with Crippen LogP contribution in [0.15, 0.2) is 42.5 Å². The van der Waals surface area contributed by atoms with Gasteiger partial charge < -0.3 is 0 Å². The molecule has 0 amide bonds. The molecule has 0 saturated heterocycles. The van der Waals surface area contributed by atoms with Crippen molar-refractivity contribution in [3.63, 3.8) is 0 Å². The first-order chi connectivity index (χ1) is 13.8. The third-order valence-corrected chi connectivity index (χ3v) is 6.74. The summed E-state index contributed by atoms with van der Waals surface area (Å²) < 4.78 is 73.4. The minimum absolute atomic E-state index is 0.168. The zero-order valence-corrected chi connectivity index (χ0v) is 16.8. The normalized spacial score (nSPS) is 19.6. The summed E-state index contributed by atoms with van der Waals surface area (Å²) in [5.74, 6) is -3.07. The molecule has 2 heterocycles. The summed E-state index contributed by atoms with van der Waals surface area (Å²) in [6.45, 7) is 5.82. The quantitative estimate of drug-likeness (QED) is 0.285. The van der Waals surface area contributed by atoms with Crippen LogP contribution < -0.4 is 0 Å². The van der Waals surface area contributed by atoms with Gasteiger partial charge in [-0.05, 0) is 62.4 Å². The molecule has 1 aliphatic carbocycles. The van der Waals surface area contributed by atoms with Gasteiger partial charge in [0.2, 0.25) is 0 Å². The Morgan fingerprint density at radius 3 is 2.10 bits per heavy atom. The Bertz CT molecular complexity index is 1360. The average molecular weight is 418 g/mol. The van der Waals surface area contributed by atoms with Gasteiger partial charge in [-0.15, -0.1) is 0 Å². The molecule has 0 aliphatic heterocycles. The first-order valence-electron chi connectivity index (χ1n) is 9.62. The highest BCUT2D eigenvalue weighted by atomic mass is 19.4. The lowest BCUT2D eigenvalue weighted by Crippen LogP contribution is -2.46. The van der Waals surface area contributed by atoms with E-state index in [1.165, 1.54) is 39.8 Å². The van der Waals surface area contributed by atoms with E-state index >= 15 is 8.78 Å². The fourth-order valence-electron chi connectivity index (χ4n) is 4.95. The maximum Gasteiger partial charge on any atom is 0.431 e. The molecule has 30 heavy (non-hydrogen) atoms. The van der Waals surface area contributed by atoms with Crippen molar-refractivity contribution >= 4 is 27.5 Å². The molecule has 0 bridgehead atoms. The lowest BCUT2D eigenvalue weighted by molar-refractivity contribution is -0.141. The van der Waals surface area contributed by atoms with E-state index in [2.05, 4.69) is 4.98 Å². The smallest absolute Gasteiger partial charge is 0.287 e. The van der Waals surface area contributed by atoms with Crippen LogP contribution in [0.5, 0.6) is 0 Å². The number of benzene rings is 2. The third-order valence-electron chi connectivity index (χ3n) is 6.74. The maximum absolute atomic E-state index is 15.2. The van der Waals surface area contributed by atoms with Gasteiger partial charge in [0.05, 0.1) is 21.9 Å². The highest BCUT2D eigenvalue weighted by Gasteiger charge is 2.65. The number of fused-ring (bicyclic) bond motifs is 6. The summed E-state index contributed by atoms with van der Waals surface area (Å²) in [6, 6.07) is 10.8. The molecule has 2 aromatic carbocycles. The molecule has 0 spiro atoms. The largest absolute Gasteiger partial charge is 0.431 e. The van der Waals surface area contributed by atoms with Crippen molar-refractivity contribution in [3.8, 4) is 0 Å². The Morgan fingerprint density at radius 1 is 0.867 bits per heavy atom. The van der Waals surface area contributed by atoms with E-state index in [0.717, 1.165) is 10.5 Å². The molecule has 0 radical (unpaired) electrons. The summed E-state index contributed by atoms with van der Waals surface area (Å²) in [5.41, 5.74) is -2.47. The third kappa shape index (κ3) is 2.10. The van der Waals surface area contributed by atoms with E-state index < -0.39 is 28.6 Å². The lowest BCUT2D eigenvalue weighted by atomic mass is 9.77. The fraction of sp³-hybridized carbons (Fsp3) is 0.348. The van der Waals surface area contributed by atoms with Crippen molar-refractivity contribution in [1.29, 1.82) is 0 Å². The van der Waals surface area contributed by atoms with Gasteiger partial charge in [-0.1, -0.05) is 24.3 Å². The molecular formula is C23H19F5N2. The number of hydrogen-bond donors (Lipinski definition) is 0. The van der Waals surface area contributed by atoms with Crippen molar-refractivity contribution < 1.29 is 22.0 Å². The molecule has 0 unspecified atom stereocenters. The molecule has 0 N–H and O–H groups in total. The maximum atomic E-state index is 15.2. The predicted molar refractivity (Wildman–Crippen MR) is 106 cm³/mol. The topological polar surface area (TPSA) is 17.3 Å². The zero-order valence-electron chi connectivity index (χ0n) is 16.8. The Labute approximate surface area is 169 Å². The Balaban J connectivity index is 1.99. The number of alkyl halides is 5. The summed E-state index contributed by atoms with van der Waals surface area (Å²) in [6.07, 6.45) is -4.63. The van der Waals surface area contributed by atoms with Gasteiger partial charge in [-0.2, -0.15) is 13.2 Å². The summed E-state index contributed by atoms with van der Waals surface area (Å²) in [4.78, 5) is 4.47. The van der Waals surface area contributed by atoms with Crippen molar-refractivity contribution in [2.24, 2.45) is 0 Å². The molecule has 4 aromatic rings. The first kappa shape index (κ1) is 19.3. The number of rotatable bonds is 0. The van der Waals surface area contributed by atoms with Gasteiger partial charge in [0.15, 0.2) is 0 Å². The Kier molecular flexibility index (Phi) is 3.41. The number of halogens is 5. The van der Waals surface area contributed by atoms with E-state index in [0.29, 0.717) is 21.9 Å². The number of nitrogens with zero attached hydrogens (tertiary/aromatic N) is 2. The monoisotopic (exact) mass is 418 g/mol. The van der Waals surface area contributed by atoms with Gasteiger partial charge in [-0.3, -0.25) is 4.40 Å². The van der Waals surface area contributed by atoms with Crippen LogP contribution >= 0.6 is 0 Å². The van der Waals surface area contributed by atoms with Crippen molar-refractivity contribution in [3.05, 3.63) is 59.3 Å². The van der Waals surface area contributed by atoms with Crippen LogP contribution in [-0.4, -0.2) is 15.3 Å². The molecule has 156 valence electrons. The van der Waals surface area contributed by atoms with E-state index in [4.69, 9.17) is 0 Å². The summed E-state index contributed by atoms with van der Waals surface area (Å²) >= 11 is 0. The Morgan fingerprint density at radius 2 is 1.47 bits per heavy atom. The van der Waals surface area contributed by atoms with Gasteiger partial charge in [0, 0.05) is 5.39 Å². The van der Waals surface area contributed by atoms with Crippen LogP contribution in [0.1, 0.15) is 44.5 Å². The van der Waals surface area contributed by atoms with Crippen molar-refractivity contribution in [2.75, 3.05) is 0 Å². The zero-order chi connectivity index (χ0) is 21.9. The lowest BCUT2D eigenvalue weighted by Gasteiger charge is -2.35. The van der Waals surface area contributed by atoms with Gasteiger partial charge >= 0.3 is 6.18 Å². The molecule has 0 fully saturated rings. The molecule has 0 atom stereocenters. The van der Waals surface area contributed by atoms with Gasteiger partial charge in [-0.25, -0.2) is 13.8 Å². The molecular weight excluding hydrogens is 399 g/mol. The predicted octanol–water partition coefficient (Wildman–Crippen LogP) is 6.86. The SMILES string of the molecule is CC1(C)c2cc3nc4c5ccccc5cc(C(F)(F)F)n4c3cc2C(C)(C)C1(F)F. The number of pyridine rings is 1. The molecule has 1 aliphatic rings. The second kappa shape index (κ2) is 5.31. The standard InChI is InChI=1S/C23H19F5N2/c1-20(2)14-10-16-17(11-15(14)21(3,4)23(20,27)28)30-18(22(24,25)26)9-12-7-5-6-8-13(12)19(30)29-16/h5-11H,1-4H3. The van der Waals surface area contributed by atoms with Crippen LogP contribution in [0.4, 0.5) is 22.0 Å². The van der Waals surface area contributed by atoms with Crippen LogP contribution in [0.25, 0.3) is 27.5 Å². The Hall–Kier alpha value is -2.70. The van der Waals surface area contributed by atoms with E-state index in [-0.39, 0.29) is 16.7 Å². The highest BCUT2D eigenvalue weighted by Crippen LogP contribution is 2.60. The molecule has 0 saturated carbocycles. The van der Waals surface area contributed by atoms with Gasteiger partial charge in [0.1, 0.15) is 11.3 Å². The van der Waals surface area contributed by atoms with E-state index in [1.807, 2.05) is 0 Å². The number of hydrogen-bond acceptors (Lipinski definition) is 1. The van der Waals surface area contributed by atoms with E-state index in [9.17, 15) is 13.2 Å². The highest BCUT2D eigenvalue weighted by molar-refractivity contribution is 5.99. The molecule has 2 aromatic heterocycles. The second-order valence-corrected chi connectivity index (χ2v) is 9.10. The van der Waals surface area contributed by atoms with Gasteiger partial charge in [0.25, 0.3) is 5.92 Å². The average Bonchev–Trinajstić information content (AvgIpc) is 3.07. The van der Waals surface area contributed by atoms with Crippen molar-refractivity contribution in [2.45, 2.75) is 50.6 Å². The van der Waals surface area contributed by atoms with Crippen LogP contribution in [0.2, 0.25) is 0 Å². The number of aromatic nitrogens is 2. The molecule has 5 rings (SSSR count). The fourth-order valence-corrected chi connectivity index (χ4v) is 4.95. The number of imidazole rings is 1. The minimum Gasteiger partial charge on any atom is -0.287 e.